The summed E-state index contributed by atoms with van der Waals surface area (Å²) in [5.41, 5.74) is -1.43. The summed E-state index contributed by atoms with van der Waals surface area (Å²) in [5, 5.41) is 19.7. The third-order valence-corrected chi connectivity index (χ3v) is 1.83. The second-order valence-corrected chi connectivity index (χ2v) is 4.06. The third-order valence-electron chi connectivity index (χ3n) is 1.83. The summed E-state index contributed by atoms with van der Waals surface area (Å²) < 4.78 is 4.80. The lowest BCUT2D eigenvalue weighted by atomic mass is 10.0. The van der Waals surface area contributed by atoms with E-state index in [9.17, 15) is 20.0 Å². The molecule has 0 amide bonds. The molecule has 88 valence electrons. The molecule has 6 nitrogen and oxygen atoms in total. The molecule has 0 aromatic heterocycles. The predicted octanol–water partition coefficient (Wildman–Crippen LogP) is 0.603. The summed E-state index contributed by atoms with van der Waals surface area (Å²) in [5.74, 6) is -0.600. The Balaban J connectivity index is 3.84. The fourth-order valence-electron chi connectivity index (χ4n) is 0.895. The fourth-order valence-corrected chi connectivity index (χ4v) is 0.895. The number of hydrogen-bond acceptors (Lipinski definition) is 5. The van der Waals surface area contributed by atoms with Gasteiger partial charge in [0.25, 0.3) is 0 Å². The average Bonchev–Trinajstić information content (AvgIpc) is 2.00. The van der Waals surface area contributed by atoms with Crippen LogP contribution < -0.4 is 0 Å². The molecule has 0 spiro atoms. The van der Waals surface area contributed by atoms with Gasteiger partial charge in [0.15, 0.2) is 0 Å². The van der Waals surface area contributed by atoms with Gasteiger partial charge in [0, 0.05) is 11.3 Å². The SMILES string of the molecule is CC(C)C(=O)OCCC(C)(O)C[N+](=O)[O-]. The number of rotatable bonds is 6. The van der Waals surface area contributed by atoms with Crippen LogP contribution in [0.15, 0.2) is 0 Å². The van der Waals surface area contributed by atoms with Crippen LogP contribution >= 0.6 is 0 Å². The monoisotopic (exact) mass is 219 g/mol. The number of carbonyl (C=O) groups is 1. The summed E-state index contributed by atoms with van der Waals surface area (Å²) in [6, 6.07) is 0. The number of aliphatic hydroxyl groups is 1. The van der Waals surface area contributed by atoms with E-state index in [2.05, 4.69) is 0 Å². The molecular weight excluding hydrogens is 202 g/mol. The lowest BCUT2D eigenvalue weighted by molar-refractivity contribution is -0.500. The van der Waals surface area contributed by atoms with Crippen LogP contribution in [0.3, 0.4) is 0 Å². The zero-order chi connectivity index (χ0) is 12.1. The molecule has 0 saturated heterocycles. The van der Waals surface area contributed by atoms with E-state index < -0.39 is 17.1 Å². The minimum absolute atomic E-state index is 0.00213. The van der Waals surface area contributed by atoms with Gasteiger partial charge in [0.1, 0.15) is 5.60 Å². The van der Waals surface area contributed by atoms with Gasteiger partial charge in [0.05, 0.1) is 12.5 Å². The van der Waals surface area contributed by atoms with Crippen molar-refractivity contribution in [1.82, 2.24) is 0 Å². The van der Waals surface area contributed by atoms with Gasteiger partial charge in [-0.3, -0.25) is 14.9 Å². The Kier molecular flexibility index (Phi) is 5.21. The van der Waals surface area contributed by atoms with Crippen LogP contribution in [0.4, 0.5) is 0 Å². The van der Waals surface area contributed by atoms with Crippen LogP contribution in [0, 0.1) is 16.0 Å². The second-order valence-electron chi connectivity index (χ2n) is 4.06. The van der Waals surface area contributed by atoms with E-state index >= 15 is 0 Å². The first-order chi connectivity index (χ1) is 6.74. The molecule has 0 heterocycles. The van der Waals surface area contributed by atoms with Crippen molar-refractivity contribution in [3.63, 3.8) is 0 Å². The second kappa shape index (κ2) is 5.65. The van der Waals surface area contributed by atoms with Crippen LogP contribution in [0.25, 0.3) is 0 Å². The van der Waals surface area contributed by atoms with Gasteiger partial charge >= 0.3 is 5.97 Å². The Morgan fingerprint density at radius 2 is 2.13 bits per heavy atom. The molecule has 0 saturated carbocycles. The first-order valence-corrected chi connectivity index (χ1v) is 4.75. The molecule has 0 aliphatic rings. The molecule has 0 rings (SSSR count). The van der Waals surface area contributed by atoms with E-state index in [1.54, 1.807) is 13.8 Å². The van der Waals surface area contributed by atoms with Gasteiger partial charge in [0.2, 0.25) is 6.54 Å². The van der Waals surface area contributed by atoms with Gasteiger partial charge in [-0.2, -0.15) is 0 Å². The fraction of sp³-hybridized carbons (Fsp3) is 0.889. The van der Waals surface area contributed by atoms with Crippen molar-refractivity contribution < 1.29 is 19.6 Å². The van der Waals surface area contributed by atoms with Crippen LogP contribution in [0.2, 0.25) is 0 Å². The van der Waals surface area contributed by atoms with E-state index in [1.165, 1.54) is 6.92 Å². The first kappa shape index (κ1) is 13.8. The molecule has 6 heteroatoms. The van der Waals surface area contributed by atoms with Crippen molar-refractivity contribution in [3.05, 3.63) is 10.1 Å². The van der Waals surface area contributed by atoms with E-state index in [0.717, 1.165) is 0 Å². The highest BCUT2D eigenvalue weighted by molar-refractivity contribution is 5.71. The molecule has 0 radical (unpaired) electrons. The number of ether oxygens (including phenoxy) is 1. The van der Waals surface area contributed by atoms with Crippen LogP contribution in [0.1, 0.15) is 27.2 Å². The van der Waals surface area contributed by atoms with E-state index in [-0.39, 0.29) is 24.9 Å². The number of hydrogen-bond donors (Lipinski definition) is 1. The van der Waals surface area contributed by atoms with Gasteiger partial charge in [-0.05, 0) is 6.92 Å². The molecule has 1 N–H and O–H groups in total. The van der Waals surface area contributed by atoms with E-state index in [0.29, 0.717) is 0 Å². The molecule has 0 aliphatic heterocycles. The van der Waals surface area contributed by atoms with Crippen LogP contribution in [-0.4, -0.2) is 34.8 Å². The lowest BCUT2D eigenvalue weighted by Crippen LogP contribution is -2.35. The molecular formula is C9H17NO5. The highest BCUT2D eigenvalue weighted by Gasteiger charge is 2.27. The minimum Gasteiger partial charge on any atom is -0.465 e. The molecule has 0 fully saturated rings. The van der Waals surface area contributed by atoms with Crippen molar-refractivity contribution in [3.8, 4) is 0 Å². The smallest absolute Gasteiger partial charge is 0.308 e. The minimum atomic E-state index is -1.43. The topological polar surface area (TPSA) is 89.7 Å². The van der Waals surface area contributed by atoms with E-state index in [1.807, 2.05) is 0 Å². The Morgan fingerprint density at radius 1 is 1.60 bits per heavy atom. The number of nitrogens with zero attached hydrogens (tertiary/aromatic N) is 1. The number of esters is 1. The maximum Gasteiger partial charge on any atom is 0.308 e. The predicted molar refractivity (Wildman–Crippen MR) is 52.9 cm³/mol. The summed E-state index contributed by atoms with van der Waals surface area (Å²) in [7, 11) is 0. The summed E-state index contributed by atoms with van der Waals surface area (Å²) in [6.45, 7) is 4.18. The molecule has 15 heavy (non-hydrogen) atoms. The van der Waals surface area contributed by atoms with Gasteiger partial charge in [-0.25, -0.2) is 0 Å². The first-order valence-electron chi connectivity index (χ1n) is 4.75. The maximum absolute atomic E-state index is 11.0. The zero-order valence-electron chi connectivity index (χ0n) is 9.23. The summed E-state index contributed by atoms with van der Waals surface area (Å²) in [4.78, 5) is 20.6. The third kappa shape index (κ3) is 6.84. The largest absolute Gasteiger partial charge is 0.465 e. The summed E-state index contributed by atoms with van der Waals surface area (Å²) in [6.07, 6.45) is 0.0619. The Bertz CT molecular complexity index is 237. The van der Waals surface area contributed by atoms with Crippen LogP contribution in [-0.2, 0) is 9.53 Å². The van der Waals surface area contributed by atoms with Crippen molar-refractivity contribution in [1.29, 1.82) is 0 Å². The molecule has 1 unspecified atom stereocenters. The van der Waals surface area contributed by atoms with Gasteiger partial charge in [-0.15, -0.1) is 0 Å². The molecule has 0 bridgehead atoms. The Morgan fingerprint density at radius 3 is 2.53 bits per heavy atom. The highest BCUT2D eigenvalue weighted by Crippen LogP contribution is 2.10. The average molecular weight is 219 g/mol. The van der Waals surface area contributed by atoms with Crippen molar-refractivity contribution in [2.24, 2.45) is 5.92 Å². The Hall–Kier alpha value is -1.17. The molecule has 0 aromatic carbocycles. The summed E-state index contributed by atoms with van der Waals surface area (Å²) >= 11 is 0. The zero-order valence-corrected chi connectivity index (χ0v) is 9.23. The lowest BCUT2D eigenvalue weighted by Gasteiger charge is -2.18. The van der Waals surface area contributed by atoms with Crippen LogP contribution in [0.5, 0.6) is 0 Å². The van der Waals surface area contributed by atoms with Crippen molar-refractivity contribution >= 4 is 5.97 Å². The van der Waals surface area contributed by atoms with Gasteiger partial charge in [-0.1, -0.05) is 13.8 Å². The molecule has 0 aliphatic carbocycles. The quantitative estimate of drug-likeness (QED) is 0.401. The maximum atomic E-state index is 11.0. The van der Waals surface area contributed by atoms with Gasteiger partial charge < -0.3 is 9.84 Å². The van der Waals surface area contributed by atoms with Crippen molar-refractivity contribution in [2.75, 3.05) is 13.2 Å². The molecule has 0 aromatic rings. The number of carbonyl (C=O) groups excluding carboxylic acids is 1. The highest BCUT2D eigenvalue weighted by atomic mass is 16.6. The van der Waals surface area contributed by atoms with E-state index in [4.69, 9.17) is 4.74 Å². The standard InChI is InChI=1S/C9H17NO5/c1-7(2)8(11)15-5-4-9(3,12)6-10(13)14/h7,12H,4-6H2,1-3H3. The Labute approximate surface area is 88.4 Å². The normalized spacial score (nSPS) is 14.7. The number of nitro groups is 1. The van der Waals surface area contributed by atoms with Crippen molar-refractivity contribution in [2.45, 2.75) is 32.8 Å². The molecule has 1 atom stereocenters.